The van der Waals surface area contributed by atoms with Gasteiger partial charge in [0.25, 0.3) is 5.91 Å². The quantitative estimate of drug-likeness (QED) is 0.191. The van der Waals surface area contributed by atoms with Crippen molar-refractivity contribution >= 4 is 39.9 Å². The van der Waals surface area contributed by atoms with Crippen LogP contribution in [0.3, 0.4) is 0 Å². The lowest BCUT2D eigenvalue weighted by atomic mass is 9.97. The third-order valence-corrected chi connectivity index (χ3v) is 7.34. The molecule has 1 atom stereocenters. The molecule has 0 aliphatic heterocycles. The summed E-state index contributed by atoms with van der Waals surface area (Å²) in [6, 6.07) is 16.1. The van der Waals surface area contributed by atoms with Gasteiger partial charge in [-0.05, 0) is 67.1 Å². The number of rotatable bonds is 12. The normalized spacial score (nSPS) is 14.5. The maximum Gasteiger partial charge on any atom is 0.268 e. The van der Waals surface area contributed by atoms with Gasteiger partial charge in [-0.1, -0.05) is 42.3 Å². The highest BCUT2D eigenvalue weighted by Gasteiger charge is 2.21. The lowest BCUT2D eigenvalue weighted by Crippen LogP contribution is -2.30. The van der Waals surface area contributed by atoms with Crippen molar-refractivity contribution in [2.24, 2.45) is 0 Å². The molecule has 1 fully saturated rings. The van der Waals surface area contributed by atoms with Crippen LogP contribution >= 0.6 is 24.0 Å². The van der Waals surface area contributed by atoms with Gasteiger partial charge < -0.3 is 19.9 Å². The zero-order valence-corrected chi connectivity index (χ0v) is 25.1. The van der Waals surface area contributed by atoms with E-state index in [9.17, 15) is 18.3 Å². The summed E-state index contributed by atoms with van der Waals surface area (Å²) in [4.78, 5) is 16.6. The van der Waals surface area contributed by atoms with E-state index in [1.54, 1.807) is 36.5 Å². The first kappa shape index (κ1) is 32.6. The Hall–Kier alpha value is -2.89. The van der Waals surface area contributed by atoms with Crippen molar-refractivity contribution in [2.45, 2.75) is 44.3 Å². The summed E-state index contributed by atoms with van der Waals surface area (Å²) in [6.07, 6.45) is 6.87. The van der Waals surface area contributed by atoms with Crippen molar-refractivity contribution in [3.05, 3.63) is 77.1 Å². The maximum absolute atomic E-state index is 12.7. The number of halogens is 2. The molecule has 3 N–H and O–H groups in total. The zero-order chi connectivity index (χ0) is 28.5. The lowest BCUT2D eigenvalue weighted by Gasteiger charge is -2.24. The Morgan fingerprint density at radius 1 is 1.07 bits per heavy atom. The molecule has 1 aromatic heterocycles. The Morgan fingerprint density at radius 2 is 1.78 bits per heavy atom. The molecule has 0 saturated heterocycles. The van der Waals surface area contributed by atoms with Gasteiger partial charge in [0.15, 0.2) is 0 Å². The number of carbonyl (C=O) groups excluding carboxylic acids is 1. The fourth-order valence-corrected chi connectivity index (χ4v) is 5.06. The standard InChI is InChI=1S/C29H34ClN3O6S.ClH/c1-40(36,37)33-29(35)25-13-9-21(17-27(25)39-24-5-3-2-4-6-24)20-7-11-23(12-8-20)38-16-15-31-19-26(34)22-10-14-28(30)32-18-22;/h7-14,17-18,24,26,31,34H,2-6,15-16,19H2,1H3,(H,33,35);1H/t26-;/m0./s1. The van der Waals surface area contributed by atoms with Crippen LogP contribution in [-0.4, -0.2) is 56.5 Å². The monoisotopic (exact) mass is 623 g/mol. The smallest absolute Gasteiger partial charge is 0.268 e. The van der Waals surface area contributed by atoms with E-state index >= 15 is 0 Å². The first-order valence-corrected chi connectivity index (χ1v) is 15.5. The molecule has 0 spiro atoms. The van der Waals surface area contributed by atoms with Crippen molar-refractivity contribution < 1.29 is 27.8 Å². The molecule has 3 aromatic rings. The second-order valence-corrected chi connectivity index (χ2v) is 11.9. The number of hydrogen-bond acceptors (Lipinski definition) is 8. The molecule has 12 heteroatoms. The highest BCUT2D eigenvalue weighted by atomic mass is 35.5. The SMILES string of the molecule is CS(=O)(=O)NC(=O)c1ccc(-c2ccc(OCCNC[C@H](O)c3ccc(Cl)nc3)cc2)cc1OC1CCCCC1.Cl. The number of carbonyl (C=O) groups is 1. The largest absolute Gasteiger partial charge is 0.492 e. The topological polar surface area (TPSA) is 127 Å². The predicted octanol–water partition coefficient (Wildman–Crippen LogP) is 4.93. The van der Waals surface area contributed by atoms with Gasteiger partial charge in [-0.2, -0.15) is 0 Å². The number of pyridine rings is 1. The molecule has 0 bridgehead atoms. The third kappa shape index (κ3) is 10.2. The minimum Gasteiger partial charge on any atom is -0.492 e. The average Bonchev–Trinajstić information content (AvgIpc) is 2.93. The van der Waals surface area contributed by atoms with Crippen LogP contribution in [0.4, 0.5) is 0 Å². The number of aromatic nitrogens is 1. The minimum absolute atomic E-state index is 0. The molecule has 1 heterocycles. The Morgan fingerprint density at radius 3 is 2.44 bits per heavy atom. The molecule has 9 nitrogen and oxygen atoms in total. The number of ether oxygens (including phenoxy) is 2. The van der Waals surface area contributed by atoms with Gasteiger partial charge in [0.1, 0.15) is 23.3 Å². The first-order chi connectivity index (χ1) is 19.2. The van der Waals surface area contributed by atoms with Crippen LogP contribution in [0.2, 0.25) is 5.15 Å². The molecule has 2 aromatic carbocycles. The molecule has 0 radical (unpaired) electrons. The van der Waals surface area contributed by atoms with Gasteiger partial charge in [-0.25, -0.2) is 18.1 Å². The number of aliphatic hydroxyl groups excluding tert-OH is 1. The van der Waals surface area contributed by atoms with Gasteiger partial charge in [-0.3, -0.25) is 4.79 Å². The Balaban J connectivity index is 0.00000462. The van der Waals surface area contributed by atoms with Crippen LogP contribution in [0.15, 0.2) is 60.8 Å². The number of nitrogens with one attached hydrogen (secondary N) is 2. The van der Waals surface area contributed by atoms with E-state index < -0.39 is 22.0 Å². The number of amides is 1. The maximum atomic E-state index is 12.7. The molecular formula is C29H35Cl2N3O6S. The second kappa shape index (κ2) is 15.4. The summed E-state index contributed by atoms with van der Waals surface area (Å²) in [6.45, 7) is 1.31. The fraction of sp³-hybridized carbons (Fsp3) is 0.379. The van der Waals surface area contributed by atoms with Crippen molar-refractivity contribution in [2.75, 3.05) is 26.0 Å². The van der Waals surface area contributed by atoms with Crippen LogP contribution in [0.5, 0.6) is 11.5 Å². The Bertz CT molecular complexity index is 1380. The zero-order valence-electron chi connectivity index (χ0n) is 22.7. The lowest BCUT2D eigenvalue weighted by molar-refractivity contribution is 0.0969. The van der Waals surface area contributed by atoms with Gasteiger partial charge in [0, 0.05) is 24.8 Å². The summed E-state index contributed by atoms with van der Waals surface area (Å²) in [5, 5.41) is 13.8. The van der Waals surface area contributed by atoms with Crippen LogP contribution in [-0.2, 0) is 10.0 Å². The Kier molecular flexibility index (Phi) is 12.2. The van der Waals surface area contributed by atoms with Crippen LogP contribution in [0.1, 0.15) is 54.1 Å². The van der Waals surface area contributed by atoms with Crippen LogP contribution in [0, 0.1) is 0 Å². The summed E-state index contributed by atoms with van der Waals surface area (Å²) < 4.78 is 37.3. The number of benzene rings is 2. The number of sulfonamides is 1. The molecule has 41 heavy (non-hydrogen) atoms. The van der Waals surface area contributed by atoms with Gasteiger partial charge >= 0.3 is 0 Å². The van der Waals surface area contributed by atoms with Gasteiger partial charge in [-0.15, -0.1) is 12.4 Å². The molecule has 1 amide bonds. The van der Waals surface area contributed by atoms with Crippen molar-refractivity contribution in [1.82, 2.24) is 15.0 Å². The van der Waals surface area contributed by atoms with Crippen LogP contribution in [0.25, 0.3) is 11.1 Å². The van der Waals surface area contributed by atoms with E-state index in [1.807, 2.05) is 29.0 Å². The molecule has 222 valence electrons. The van der Waals surface area contributed by atoms with E-state index in [1.165, 1.54) is 0 Å². The van der Waals surface area contributed by atoms with Gasteiger partial charge in [0.05, 0.1) is 24.0 Å². The Labute approximate surface area is 252 Å². The summed E-state index contributed by atoms with van der Waals surface area (Å²) in [7, 11) is -3.71. The van der Waals surface area contributed by atoms with E-state index in [0.29, 0.717) is 41.9 Å². The molecule has 0 unspecified atom stereocenters. The van der Waals surface area contributed by atoms with E-state index in [-0.39, 0.29) is 24.1 Å². The number of nitrogens with zero attached hydrogens (tertiary/aromatic N) is 1. The molecule has 1 aliphatic carbocycles. The van der Waals surface area contributed by atoms with Crippen molar-refractivity contribution in [1.29, 1.82) is 0 Å². The summed E-state index contributed by atoms with van der Waals surface area (Å²) >= 11 is 5.78. The highest BCUT2D eigenvalue weighted by Crippen LogP contribution is 2.32. The average molecular weight is 625 g/mol. The third-order valence-electron chi connectivity index (χ3n) is 6.56. The predicted molar refractivity (Wildman–Crippen MR) is 162 cm³/mol. The van der Waals surface area contributed by atoms with E-state index in [4.69, 9.17) is 21.1 Å². The van der Waals surface area contributed by atoms with Crippen molar-refractivity contribution in [3.63, 3.8) is 0 Å². The van der Waals surface area contributed by atoms with Crippen molar-refractivity contribution in [3.8, 4) is 22.6 Å². The second-order valence-electron chi connectivity index (χ2n) is 9.80. The minimum atomic E-state index is -3.71. The molecular weight excluding hydrogens is 589 g/mol. The summed E-state index contributed by atoms with van der Waals surface area (Å²) in [5.41, 5.74) is 2.60. The number of hydrogen-bond donors (Lipinski definition) is 3. The summed E-state index contributed by atoms with van der Waals surface area (Å²) in [5.74, 6) is 0.346. The molecule has 1 aliphatic rings. The highest BCUT2D eigenvalue weighted by molar-refractivity contribution is 7.89. The van der Waals surface area contributed by atoms with E-state index in [0.717, 1.165) is 49.5 Å². The molecule has 1 saturated carbocycles. The van der Waals surface area contributed by atoms with Gasteiger partial charge in [0.2, 0.25) is 10.0 Å². The first-order valence-electron chi connectivity index (χ1n) is 13.2. The van der Waals surface area contributed by atoms with Crippen LogP contribution < -0.4 is 19.5 Å². The molecule has 4 rings (SSSR count). The number of aliphatic hydroxyl groups is 1. The fourth-order valence-electron chi connectivity index (χ4n) is 4.50. The van der Waals surface area contributed by atoms with E-state index in [2.05, 4.69) is 10.3 Å².